The number of fused-ring (bicyclic) bond motifs is 1. The van der Waals surface area contributed by atoms with Crippen LogP contribution < -0.4 is 0 Å². The van der Waals surface area contributed by atoms with Crippen molar-refractivity contribution in [1.82, 2.24) is 19.7 Å². The summed E-state index contributed by atoms with van der Waals surface area (Å²) in [5, 5.41) is 7.83. The Morgan fingerprint density at radius 3 is 2.61 bits per heavy atom. The van der Waals surface area contributed by atoms with Crippen LogP contribution in [-0.4, -0.2) is 19.7 Å². The number of aryl methyl sites for hydroxylation is 3. The van der Waals surface area contributed by atoms with E-state index in [0.29, 0.717) is 18.3 Å². The molecule has 5 nitrogen and oxygen atoms in total. The van der Waals surface area contributed by atoms with Gasteiger partial charge in [-0.3, -0.25) is 0 Å². The van der Waals surface area contributed by atoms with Crippen molar-refractivity contribution < 1.29 is 4.42 Å². The summed E-state index contributed by atoms with van der Waals surface area (Å²) < 4.78 is 7.41. The minimum atomic E-state index is 0.555. The Labute approximate surface area is 104 Å². The number of nitrogens with zero attached hydrogens (tertiary/aromatic N) is 4. The molecule has 5 heteroatoms. The molecule has 0 amide bonds. The zero-order valence-electron chi connectivity index (χ0n) is 10.6. The van der Waals surface area contributed by atoms with Crippen LogP contribution in [0.2, 0.25) is 0 Å². The van der Waals surface area contributed by atoms with E-state index >= 15 is 0 Å². The Kier molecular flexibility index (Phi) is 2.40. The maximum absolute atomic E-state index is 5.39. The number of hydrogen-bond donors (Lipinski definition) is 0. The van der Waals surface area contributed by atoms with Gasteiger partial charge in [-0.15, -0.1) is 10.2 Å². The fourth-order valence-electron chi connectivity index (χ4n) is 1.99. The molecule has 0 bridgehead atoms. The van der Waals surface area contributed by atoms with Gasteiger partial charge in [-0.1, -0.05) is 0 Å². The minimum absolute atomic E-state index is 0.555. The highest BCUT2D eigenvalue weighted by atomic mass is 16.4. The molecule has 0 aliphatic rings. The van der Waals surface area contributed by atoms with E-state index in [2.05, 4.69) is 41.2 Å². The fourth-order valence-corrected chi connectivity index (χ4v) is 1.99. The van der Waals surface area contributed by atoms with Crippen LogP contribution in [0.1, 0.15) is 22.9 Å². The quantitative estimate of drug-likeness (QED) is 0.692. The first-order chi connectivity index (χ1) is 8.63. The van der Waals surface area contributed by atoms with Crippen molar-refractivity contribution in [2.45, 2.75) is 27.3 Å². The molecular formula is C13H14N4O. The van der Waals surface area contributed by atoms with Gasteiger partial charge in [-0.2, -0.15) is 0 Å². The highest BCUT2D eigenvalue weighted by Crippen LogP contribution is 2.19. The molecule has 0 atom stereocenters. The Morgan fingerprint density at radius 1 is 1.11 bits per heavy atom. The van der Waals surface area contributed by atoms with Gasteiger partial charge < -0.3 is 8.98 Å². The smallest absolute Gasteiger partial charge is 0.236 e. The molecule has 2 heterocycles. The molecule has 92 valence electrons. The lowest BCUT2D eigenvalue weighted by atomic mass is 10.1. The number of rotatable bonds is 2. The zero-order valence-corrected chi connectivity index (χ0v) is 10.6. The van der Waals surface area contributed by atoms with Crippen LogP contribution in [0.4, 0.5) is 0 Å². The van der Waals surface area contributed by atoms with E-state index in [9.17, 15) is 0 Å². The molecule has 0 unspecified atom stereocenters. The molecule has 0 saturated heterocycles. The van der Waals surface area contributed by atoms with Crippen LogP contribution in [0.15, 0.2) is 22.9 Å². The standard InChI is InChI=1S/C13H14N4O/c1-8-4-11-12(5-9(8)2)17(7-14-11)6-13-16-15-10(3)18-13/h4-5,7H,6H2,1-3H3. The number of benzene rings is 1. The lowest BCUT2D eigenvalue weighted by Crippen LogP contribution is -1.98. The van der Waals surface area contributed by atoms with Crippen molar-refractivity contribution in [3.63, 3.8) is 0 Å². The number of aromatic nitrogens is 4. The van der Waals surface area contributed by atoms with E-state index in [1.54, 1.807) is 6.92 Å². The van der Waals surface area contributed by atoms with Crippen molar-refractivity contribution in [3.8, 4) is 0 Å². The highest BCUT2D eigenvalue weighted by molar-refractivity contribution is 5.77. The average Bonchev–Trinajstić information content (AvgIpc) is 2.89. The van der Waals surface area contributed by atoms with Crippen LogP contribution >= 0.6 is 0 Å². The SMILES string of the molecule is Cc1nnc(Cn2cnc3cc(C)c(C)cc32)o1. The zero-order chi connectivity index (χ0) is 12.7. The molecule has 3 aromatic rings. The van der Waals surface area contributed by atoms with E-state index in [-0.39, 0.29) is 0 Å². The molecule has 0 radical (unpaired) electrons. The third kappa shape index (κ3) is 1.77. The van der Waals surface area contributed by atoms with Gasteiger partial charge in [0.15, 0.2) is 0 Å². The fraction of sp³-hybridized carbons (Fsp3) is 0.308. The summed E-state index contributed by atoms with van der Waals surface area (Å²) in [5.74, 6) is 1.19. The number of imidazole rings is 1. The summed E-state index contributed by atoms with van der Waals surface area (Å²) >= 11 is 0. The minimum Gasteiger partial charge on any atom is -0.424 e. The van der Waals surface area contributed by atoms with E-state index in [1.807, 2.05) is 10.9 Å². The van der Waals surface area contributed by atoms with E-state index in [0.717, 1.165) is 11.0 Å². The maximum Gasteiger partial charge on any atom is 0.236 e. The monoisotopic (exact) mass is 242 g/mol. The molecule has 0 aliphatic heterocycles. The Balaban J connectivity index is 2.04. The topological polar surface area (TPSA) is 56.7 Å². The Bertz CT molecular complexity index is 711. The predicted octanol–water partition coefficient (Wildman–Crippen LogP) is 2.39. The molecule has 0 fully saturated rings. The summed E-state index contributed by atoms with van der Waals surface area (Å²) in [4.78, 5) is 4.40. The first-order valence-electron chi connectivity index (χ1n) is 5.84. The third-order valence-electron chi connectivity index (χ3n) is 3.11. The molecule has 0 N–H and O–H groups in total. The summed E-state index contributed by atoms with van der Waals surface area (Å²) in [6, 6.07) is 4.24. The maximum atomic E-state index is 5.39. The Hall–Kier alpha value is -2.17. The van der Waals surface area contributed by atoms with Crippen LogP contribution in [0.5, 0.6) is 0 Å². The van der Waals surface area contributed by atoms with Gasteiger partial charge in [0.25, 0.3) is 0 Å². The van der Waals surface area contributed by atoms with Crippen molar-refractivity contribution in [2.24, 2.45) is 0 Å². The van der Waals surface area contributed by atoms with Crippen molar-refractivity contribution in [3.05, 3.63) is 41.4 Å². The average molecular weight is 242 g/mol. The molecule has 0 saturated carbocycles. The van der Waals surface area contributed by atoms with Crippen molar-refractivity contribution in [2.75, 3.05) is 0 Å². The first kappa shape index (κ1) is 11.0. The second kappa shape index (κ2) is 3.94. The summed E-state index contributed by atoms with van der Waals surface area (Å²) in [5.41, 5.74) is 4.59. The molecule has 2 aromatic heterocycles. The number of hydrogen-bond acceptors (Lipinski definition) is 4. The summed E-state index contributed by atoms with van der Waals surface area (Å²) in [6.45, 7) is 6.54. The molecular weight excluding hydrogens is 228 g/mol. The molecule has 0 aliphatic carbocycles. The second-order valence-electron chi connectivity index (χ2n) is 4.51. The molecule has 0 spiro atoms. The summed E-state index contributed by atoms with van der Waals surface area (Å²) in [6.07, 6.45) is 1.81. The van der Waals surface area contributed by atoms with Gasteiger partial charge in [-0.25, -0.2) is 4.98 Å². The van der Waals surface area contributed by atoms with Gasteiger partial charge in [0.05, 0.1) is 17.4 Å². The lowest BCUT2D eigenvalue weighted by molar-refractivity contribution is 0.456. The van der Waals surface area contributed by atoms with Crippen LogP contribution in [0.3, 0.4) is 0 Å². The molecule has 1 aromatic carbocycles. The van der Waals surface area contributed by atoms with Gasteiger partial charge in [-0.05, 0) is 37.1 Å². The van der Waals surface area contributed by atoms with Gasteiger partial charge in [0.1, 0.15) is 6.54 Å². The van der Waals surface area contributed by atoms with Gasteiger partial charge in [0.2, 0.25) is 11.8 Å². The molecule has 18 heavy (non-hydrogen) atoms. The summed E-state index contributed by atoms with van der Waals surface area (Å²) in [7, 11) is 0. The van der Waals surface area contributed by atoms with Gasteiger partial charge in [0, 0.05) is 6.92 Å². The van der Waals surface area contributed by atoms with E-state index < -0.39 is 0 Å². The Morgan fingerprint density at radius 2 is 1.89 bits per heavy atom. The second-order valence-corrected chi connectivity index (χ2v) is 4.51. The highest BCUT2D eigenvalue weighted by Gasteiger charge is 2.08. The third-order valence-corrected chi connectivity index (χ3v) is 3.11. The van der Waals surface area contributed by atoms with Crippen LogP contribution in [0, 0.1) is 20.8 Å². The van der Waals surface area contributed by atoms with Crippen LogP contribution in [0.25, 0.3) is 11.0 Å². The van der Waals surface area contributed by atoms with Crippen molar-refractivity contribution in [1.29, 1.82) is 0 Å². The van der Waals surface area contributed by atoms with Gasteiger partial charge >= 0.3 is 0 Å². The lowest BCUT2D eigenvalue weighted by Gasteiger charge is -2.03. The predicted molar refractivity (Wildman–Crippen MR) is 67.3 cm³/mol. The van der Waals surface area contributed by atoms with Crippen molar-refractivity contribution >= 4 is 11.0 Å². The largest absolute Gasteiger partial charge is 0.424 e. The van der Waals surface area contributed by atoms with Crippen LogP contribution in [-0.2, 0) is 6.54 Å². The van der Waals surface area contributed by atoms with E-state index in [1.165, 1.54) is 11.1 Å². The first-order valence-corrected chi connectivity index (χ1v) is 5.84. The van der Waals surface area contributed by atoms with E-state index in [4.69, 9.17) is 4.42 Å². The molecule has 3 rings (SSSR count). The normalized spacial score (nSPS) is 11.3.